The molecule has 0 atom stereocenters. The molecule has 0 unspecified atom stereocenters. The molecular weight excluding hydrogens is 300 g/mol. The summed E-state index contributed by atoms with van der Waals surface area (Å²) in [5.74, 6) is 0.368. The van der Waals surface area contributed by atoms with Crippen molar-refractivity contribution in [2.24, 2.45) is 0 Å². The fraction of sp³-hybridized carbons (Fsp3) is 0.0625. The minimum Gasteiger partial charge on any atom is -0.438 e. The number of thiophene rings is 1. The Balaban J connectivity index is 1.60. The molecule has 3 aromatic rings. The molecule has 0 saturated heterocycles. The van der Waals surface area contributed by atoms with Crippen LogP contribution in [0.5, 0.6) is 0 Å². The van der Waals surface area contributed by atoms with E-state index in [1.54, 1.807) is 41.8 Å². The van der Waals surface area contributed by atoms with Gasteiger partial charge < -0.3 is 4.42 Å². The summed E-state index contributed by atoms with van der Waals surface area (Å²) in [5, 5.41) is 1.95. The highest BCUT2D eigenvalue weighted by atomic mass is 32.1. The number of fused-ring (bicyclic) bond motifs is 1. The maximum atomic E-state index is 12.3. The van der Waals surface area contributed by atoms with Crippen molar-refractivity contribution in [3.8, 4) is 10.6 Å². The quantitative estimate of drug-likeness (QED) is 0.697. The molecule has 0 aliphatic carbocycles. The SMILES string of the molecule is O=C1c2ccccc2C(=O)N1Cc1ncc(-c2cccs2)o1. The smallest absolute Gasteiger partial charge is 0.262 e. The van der Waals surface area contributed by atoms with Gasteiger partial charge in [0.2, 0.25) is 5.89 Å². The lowest BCUT2D eigenvalue weighted by molar-refractivity contribution is 0.0629. The van der Waals surface area contributed by atoms with Gasteiger partial charge in [-0.25, -0.2) is 4.98 Å². The Bertz CT molecular complexity index is 832. The van der Waals surface area contributed by atoms with Crippen molar-refractivity contribution >= 4 is 23.2 Å². The molecule has 108 valence electrons. The Morgan fingerprint density at radius 1 is 1.05 bits per heavy atom. The van der Waals surface area contributed by atoms with Crippen LogP contribution in [0.2, 0.25) is 0 Å². The van der Waals surface area contributed by atoms with Gasteiger partial charge in [0.05, 0.1) is 22.2 Å². The molecule has 3 heterocycles. The van der Waals surface area contributed by atoms with Gasteiger partial charge in [0.15, 0.2) is 5.76 Å². The van der Waals surface area contributed by atoms with Crippen LogP contribution in [-0.2, 0) is 6.54 Å². The number of nitrogens with zero attached hydrogens (tertiary/aromatic N) is 2. The van der Waals surface area contributed by atoms with Crippen molar-refractivity contribution in [2.45, 2.75) is 6.54 Å². The van der Waals surface area contributed by atoms with E-state index in [0.717, 1.165) is 9.78 Å². The zero-order valence-electron chi connectivity index (χ0n) is 11.4. The van der Waals surface area contributed by atoms with E-state index >= 15 is 0 Å². The summed E-state index contributed by atoms with van der Waals surface area (Å²) in [6, 6.07) is 10.6. The van der Waals surface area contributed by atoms with Crippen LogP contribution in [0, 0.1) is 0 Å². The standard InChI is InChI=1S/C16H10N2O3S/c19-15-10-4-1-2-5-11(10)16(20)18(15)9-14-17-8-12(21-14)13-6-3-7-22-13/h1-8H,9H2. The van der Waals surface area contributed by atoms with Gasteiger partial charge in [-0.05, 0) is 23.6 Å². The maximum Gasteiger partial charge on any atom is 0.262 e. The predicted octanol–water partition coefficient (Wildman–Crippen LogP) is 3.20. The normalized spacial score (nSPS) is 13.7. The van der Waals surface area contributed by atoms with Gasteiger partial charge in [-0.1, -0.05) is 18.2 Å². The number of carbonyl (C=O) groups excluding carboxylic acids is 2. The van der Waals surface area contributed by atoms with Gasteiger partial charge in [0.1, 0.15) is 6.54 Å². The molecule has 0 spiro atoms. The van der Waals surface area contributed by atoms with Gasteiger partial charge in [0.25, 0.3) is 11.8 Å². The second-order valence-electron chi connectivity index (χ2n) is 4.84. The van der Waals surface area contributed by atoms with E-state index in [-0.39, 0.29) is 18.4 Å². The predicted molar refractivity (Wildman–Crippen MR) is 80.5 cm³/mol. The second kappa shape index (κ2) is 4.92. The number of amides is 2. The molecule has 22 heavy (non-hydrogen) atoms. The lowest BCUT2D eigenvalue weighted by atomic mass is 10.1. The molecule has 2 amide bonds. The molecule has 6 heteroatoms. The van der Waals surface area contributed by atoms with E-state index in [1.807, 2.05) is 17.5 Å². The third-order valence-electron chi connectivity index (χ3n) is 3.49. The molecule has 0 fully saturated rings. The van der Waals surface area contributed by atoms with Crippen molar-refractivity contribution in [2.75, 3.05) is 0 Å². The van der Waals surface area contributed by atoms with Crippen LogP contribution >= 0.6 is 11.3 Å². The highest BCUT2D eigenvalue weighted by Crippen LogP contribution is 2.27. The molecule has 1 aliphatic heterocycles. The first-order valence-electron chi connectivity index (χ1n) is 6.68. The van der Waals surface area contributed by atoms with Crippen LogP contribution < -0.4 is 0 Å². The molecule has 0 bridgehead atoms. The summed E-state index contributed by atoms with van der Waals surface area (Å²) in [6.07, 6.45) is 1.61. The largest absolute Gasteiger partial charge is 0.438 e. The first-order chi connectivity index (χ1) is 10.7. The summed E-state index contributed by atoms with van der Waals surface area (Å²) < 4.78 is 5.64. The first kappa shape index (κ1) is 13.0. The van der Waals surface area contributed by atoms with E-state index in [2.05, 4.69) is 4.98 Å². The van der Waals surface area contributed by atoms with Gasteiger partial charge in [0, 0.05) is 0 Å². The van der Waals surface area contributed by atoms with Crippen LogP contribution in [0.25, 0.3) is 10.6 Å². The number of rotatable bonds is 3. The molecule has 5 nitrogen and oxygen atoms in total. The molecule has 0 saturated carbocycles. The number of hydrogen-bond acceptors (Lipinski definition) is 5. The average Bonchev–Trinajstić information content (AvgIpc) is 3.25. The van der Waals surface area contributed by atoms with Crippen LogP contribution in [-0.4, -0.2) is 21.7 Å². The highest BCUT2D eigenvalue weighted by molar-refractivity contribution is 7.13. The minimum absolute atomic E-state index is 0.0394. The maximum absolute atomic E-state index is 12.3. The summed E-state index contributed by atoms with van der Waals surface area (Å²) in [7, 11) is 0. The van der Waals surface area contributed by atoms with E-state index in [0.29, 0.717) is 22.8 Å². The Kier molecular flexibility index (Phi) is 2.90. The van der Waals surface area contributed by atoms with Crippen LogP contribution in [0.3, 0.4) is 0 Å². The first-order valence-corrected chi connectivity index (χ1v) is 7.56. The van der Waals surface area contributed by atoms with Crippen molar-refractivity contribution in [1.82, 2.24) is 9.88 Å². The number of hydrogen-bond donors (Lipinski definition) is 0. The minimum atomic E-state index is -0.309. The van der Waals surface area contributed by atoms with Gasteiger partial charge >= 0.3 is 0 Å². The Hall–Kier alpha value is -2.73. The monoisotopic (exact) mass is 310 g/mol. The average molecular weight is 310 g/mol. The number of imide groups is 1. The fourth-order valence-corrected chi connectivity index (χ4v) is 3.11. The summed E-state index contributed by atoms with van der Waals surface area (Å²) in [4.78, 5) is 30.9. The molecule has 1 aliphatic rings. The van der Waals surface area contributed by atoms with E-state index < -0.39 is 0 Å². The number of carbonyl (C=O) groups is 2. The zero-order chi connectivity index (χ0) is 15.1. The fourth-order valence-electron chi connectivity index (χ4n) is 2.43. The van der Waals surface area contributed by atoms with E-state index in [4.69, 9.17) is 4.42 Å². The van der Waals surface area contributed by atoms with Crippen molar-refractivity contribution in [3.05, 3.63) is 65.0 Å². The lowest BCUT2D eigenvalue weighted by Gasteiger charge is -2.10. The van der Waals surface area contributed by atoms with Gasteiger partial charge in [-0.2, -0.15) is 0 Å². The van der Waals surface area contributed by atoms with E-state index in [1.165, 1.54) is 0 Å². The number of oxazole rings is 1. The molecule has 1 aromatic carbocycles. The number of benzene rings is 1. The molecule has 4 rings (SSSR count). The third-order valence-corrected chi connectivity index (χ3v) is 4.37. The van der Waals surface area contributed by atoms with Crippen molar-refractivity contribution in [1.29, 1.82) is 0 Å². The Morgan fingerprint density at radius 2 is 1.77 bits per heavy atom. The topological polar surface area (TPSA) is 63.4 Å². The molecule has 0 radical (unpaired) electrons. The van der Waals surface area contributed by atoms with E-state index in [9.17, 15) is 9.59 Å². The summed E-state index contributed by atoms with van der Waals surface area (Å²) in [6.45, 7) is 0.0394. The van der Waals surface area contributed by atoms with Crippen LogP contribution in [0.1, 0.15) is 26.6 Å². The summed E-state index contributed by atoms with van der Waals surface area (Å²) >= 11 is 1.54. The van der Waals surface area contributed by atoms with Gasteiger partial charge in [-0.3, -0.25) is 14.5 Å². The van der Waals surface area contributed by atoms with Crippen molar-refractivity contribution in [3.63, 3.8) is 0 Å². The lowest BCUT2D eigenvalue weighted by Crippen LogP contribution is -2.29. The highest BCUT2D eigenvalue weighted by Gasteiger charge is 2.35. The van der Waals surface area contributed by atoms with Crippen LogP contribution in [0.15, 0.2) is 52.4 Å². The van der Waals surface area contributed by atoms with Crippen LogP contribution in [0.4, 0.5) is 0 Å². The number of aromatic nitrogens is 1. The zero-order valence-corrected chi connectivity index (χ0v) is 12.2. The third kappa shape index (κ3) is 1.96. The molecule has 0 N–H and O–H groups in total. The second-order valence-corrected chi connectivity index (χ2v) is 5.79. The molecule has 2 aromatic heterocycles. The molecular formula is C16H10N2O3S. The van der Waals surface area contributed by atoms with Gasteiger partial charge in [-0.15, -0.1) is 11.3 Å². The Labute approximate surface area is 129 Å². The Morgan fingerprint density at radius 3 is 2.41 bits per heavy atom. The summed E-state index contributed by atoms with van der Waals surface area (Å²) in [5.41, 5.74) is 0.857. The van der Waals surface area contributed by atoms with Crippen molar-refractivity contribution < 1.29 is 14.0 Å².